The van der Waals surface area contributed by atoms with Crippen LogP contribution in [0.2, 0.25) is 0 Å². The van der Waals surface area contributed by atoms with Gasteiger partial charge in [-0.15, -0.1) is 11.3 Å². The van der Waals surface area contributed by atoms with Crippen molar-refractivity contribution in [3.8, 4) is 61.3 Å². The Morgan fingerprint density at radius 1 is 0.386 bits per heavy atom. The summed E-state index contributed by atoms with van der Waals surface area (Å²) in [7, 11) is 0. The molecular formula is C67H50N2S. The molecule has 70 heavy (non-hydrogen) atoms. The van der Waals surface area contributed by atoms with Crippen LogP contribution in [-0.2, 0) is 6.42 Å². The quantitative estimate of drug-likeness (QED) is 0.140. The highest BCUT2D eigenvalue weighted by Gasteiger charge is 2.26. The van der Waals surface area contributed by atoms with Crippen molar-refractivity contribution < 1.29 is 0 Å². The molecule has 13 rings (SSSR count). The van der Waals surface area contributed by atoms with Gasteiger partial charge in [0.1, 0.15) is 0 Å². The Kier molecular flexibility index (Phi) is 10.6. The maximum atomic E-state index is 2.54. The first-order valence-corrected chi connectivity index (χ1v) is 25.4. The fraction of sp³-hybridized carbons (Fsp3) is 0.0746. The number of benzene rings is 10. The third-order valence-corrected chi connectivity index (χ3v) is 15.8. The van der Waals surface area contributed by atoms with Gasteiger partial charge in [0, 0.05) is 54.0 Å². The van der Waals surface area contributed by atoms with Gasteiger partial charge in [-0.05, 0) is 165 Å². The lowest BCUT2D eigenvalue weighted by Gasteiger charge is -2.26. The van der Waals surface area contributed by atoms with Gasteiger partial charge in [-0.1, -0.05) is 171 Å². The smallest absolute Gasteiger partial charge is 0.0534 e. The van der Waals surface area contributed by atoms with Crippen LogP contribution in [-0.4, -0.2) is 4.57 Å². The summed E-state index contributed by atoms with van der Waals surface area (Å²) in [6.45, 7) is 2.42. The first kappa shape index (κ1) is 41.9. The number of thiophene rings is 1. The largest absolute Gasteiger partial charge is 0.313 e. The minimum Gasteiger partial charge on any atom is -0.313 e. The Labute approximate surface area is 414 Å². The van der Waals surface area contributed by atoms with E-state index in [4.69, 9.17) is 0 Å². The predicted molar refractivity (Wildman–Crippen MR) is 299 cm³/mol. The highest BCUT2D eigenvalue weighted by molar-refractivity contribution is 7.25. The standard InChI is InChI=1S/C67H50N2S/c1-45-11-10-17-64-67(45)62-44-54(31-41-63(62)69(64)59-39-25-50(26-40-59)47-14-6-3-7-15-47)52-27-35-57(36-28-52)68(56-33-23-51(24-34-56)49-21-19-48(20-22-49)46-12-4-2-5-13-46)58-37-29-53(30-38-58)55-32-42-66-61(43-55)60-16-8-9-18-65(60)70-66/h2-9,12-16,18-45H,10-11,17H2,1H3. The maximum Gasteiger partial charge on any atom is 0.0534 e. The molecule has 0 radical (unpaired) electrons. The minimum absolute atomic E-state index is 0.507. The van der Waals surface area contributed by atoms with Crippen LogP contribution >= 0.6 is 11.3 Å². The second-order valence-electron chi connectivity index (χ2n) is 18.9. The number of hydrogen-bond acceptors (Lipinski definition) is 2. The summed E-state index contributed by atoms with van der Waals surface area (Å²) in [6, 6.07) is 89.4. The molecule has 2 aromatic heterocycles. The molecule has 3 heteroatoms. The van der Waals surface area contributed by atoms with Gasteiger partial charge in [-0.25, -0.2) is 0 Å². The summed E-state index contributed by atoms with van der Waals surface area (Å²) in [5.74, 6) is 0.507. The Hall–Kier alpha value is -8.24. The summed E-state index contributed by atoms with van der Waals surface area (Å²) in [5, 5.41) is 4.01. The number of anilines is 3. The molecule has 0 N–H and O–H groups in total. The van der Waals surface area contributed by atoms with Gasteiger partial charge in [0.15, 0.2) is 0 Å². The van der Waals surface area contributed by atoms with Crippen LogP contribution in [0.4, 0.5) is 17.1 Å². The second-order valence-corrected chi connectivity index (χ2v) is 19.9. The molecule has 12 aromatic rings. The molecule has 334 valence electrons. The van der Waals surface area contributed by atoms with Gasteiger partial charge in [0.25, 0.3) is 0 Å². The van der Waals surface area contributed by atoms with E-state index in [0.717, 1.165) is 23.5 Å². The lowest BCUT2D eigenvalue weighted by atomic mass is 9.86. The average Bonchev–Trinajstić information content (AvgIpc) is 3.98. The fourth-order valence-corrected chi connectivity index (χ4v) is 12.1. The molecule has 0 saturated carbocycles. The van der Waals surface area contributed by atoms with Gasteiger partial charge in [-0.3, -0.25) is 0 Å². The monoisotopic (exact) mass is 914 g/mol. The highest BCUT2D eigenvalue weighted by Crippen LogP contribution is 2.44. The normalized spacial score (nSPS) is 13.5. The Morgan fingerprint density at radius 2 is 0.800 bits per heavy atom. The van der Waals surface area contributed by atoms with E-state index < -0.39 is 0 Å². The molecule has 0 amide bonds. The summed E-state index contributed by atoms with van der Waals surface area (Å²) in [4.78, 5) is 2.38. The van der Waals surface area contributed by atoms with Crippen molar-refractivity contribution in [3.05, 3.63) is 254 Å². The molecule has 2 nitrogen and oxygen atoms in total. The lowest BCUT2D eigenvalue weighted by molar-refractivity contribution is 0.581. The van der Waals surface area contributed by atoms with Crippen LogP contribution < -0.4 is 4.90 Å². The van der Waals surface area contributed by atoms with E-state index in [1.807, 2.05) is 11.3 Å². The molecule has 2 heterocycles. The van der Waals surface area contributed by atoms with E-state index in [9.17, 15) is 0 Å². The van der Waals surface area contributed by atoms with Gasteiger partial charge >= 0.3 is 0 Å². The molecule has 0 fully saturated rings. The second kappa shape index (κ2) is 17.7. The zero-order chi connectivity index (χ0) is 46.5. The molecule has 1 atom stereocenters. The van der Waals surface area contributed by atoms with Crippen molar-refractivity contribution in [2.24, 2.45) is 0 Å². The molecule has 10 aromatic carbocycles. The predicted octanol–water partition coefficient (Wildman–Crippen LogP) is 19.2. The number of aromatic nitrogens is 1. The molecule has 0 aliphatic heterocycles. The first-order valence-electron chi connectivity index (χ1n) is 24.6. The van der Waals surface area contributed by atoms with Crippen molar-refractivity contribution in [1.29, 1.82) is 0 Å². The minimum atomic E-state index is 0.507. The van der Waals surface area contributed by atoms with Crippen LogP contribution in [0.15, 0.2) is 243 Å². The zero-order valence-corrected chi connectivity index (χ0v) is 39.9. The Balaban J connectivity index is 0.849. The SMILES string of the molecule is CC1CCCc2c1c1cc(-c3ccc(N(c4ccc(-c5ccc(-c6ccccc6)cc5)cc4)c4ccc(-c5ccc6sc7ccccc7c6c5)cc4)cc3)ccc1n2-c1ccc(-c2ccccc2)cc1. The Bertz CT molecular complexity index is 3810. The van der Waals surface area contributed by atoms with Crippen LogP contribution in [0.1, 0.15) is 36.9 Å². The summed E-state index contributed by atoms with van der Waals surface area (Å²) < 4.78 is 5.19. The summed E-state index contributed by atoms with van der Waals surface area (Å²) in [5.41, 5.74) is 21.0. The average molecular weight is 915 g/mol. The van der Waals surface area contributed by atoms with Gasteiger partial charge in [0.2, 0.25) is 0 Å². The molecule has 1 aliphatic carbocycles. The van der Waals surface area contributed by atoms with Gasteiger partial charge < -0.3 is 9.47 Å². The zero-order valence-electron chi connectivity index (χ0n) is 39.1. The molecule has 1 unspecified atom stereocenters. The van der Waals surface area contributed by atoms with Crippen molar-refractivity contribution in [3.63, 3.8) is 0 Å². The first-order chi connectivity index (χ1) is 34.6. The van der Waals surface area contributed by atoms with E-state index in [1.54, 1.807) is 0 Å². The summed E-state index contributed by atoms with van der Waals surface area (Å²) >= 11 is 1.86. The third kappa shape index (κ3) is 7.60. The number of nitrogens with zero attached hydrogens (tertiary/aromatic N) is 2. The van der Waals surface area contributed by atoms with E-state index in [2.05, 4.69) is 259 Å². The van der Waals surface area contributed by atoms with Crippen LogP contribution in [0.25, 0.3) is 92.4 Å². The van der Waals surface area contributed by atoms with Crippen molar-refractivity contribution in [2.45, 2.75) is 32.1 Å². The topological polar surface area (TPSA) is 8.17 Å². The molecule has 1 aliphatic rings. The lowest BCUT2D eigenvalue weighted by Crippen LogP contribution is -2.09. The van der Waals surface area contributed by atoms with E-state index in [-0.39, 0.29) is 0 Å². The van der Waals surface area contributed by atoms with E-state index in [1.165, 1.54) is 116 Å². The van der Waals surface area contributed by atoms with Gasteiger partial charge in [0.05, 0.1) is 5.52 Å². The van der Waals surface area contributed by atoms with Crippen molar-refractivity contribution in [1.82, 2.24) is 4.57 Å². The number of fused-ring (bicyclic) bond motifs is 6. The maximum absolute atomic E-state index is 2.54. The van der Waals surface area contributed by atoms with E-state index in [0.29, 0.717) is 5.92 Å². The van der Waals surface area contributed by atoms with Crippen molar-refractivity contribution >= 4 is 59.5 Å². The molecule has 0 spiro atoms. The summed E-state index contributed by atoms with van der Waals surface area (Å²) in [6.07, 6.45) is 3.53. The number of hydrogen-bond donors (Lipinski definition) is 0. The fourth-order valence-electron chi connectivity index (χ4n) is 11.0. The van der Waals surface area contributed by atoms with E-state index >= 15 is 0 Å². The Morgan fingerprint density at radius 3 is 1.36 bits per heavy atom. The molecular weight excluding hydrogens is 865 g/mol. The van der Waals surface area contributed by atoms with Crippen LogP contribution in [0.5, 0.6) is 0 Å². The van der Waals surface area contributed by atoms with Crippen molar-refractivity contribution in [2.75, 3.05) is 4.90 Å². The highest BCUT2D eigenvalue weighted by atomic mass is 32.1. The number of rotatable bonds is 9. The third-order valence-electron chi connectivity index (χ3n) is 14.6. The molecule has 0 bridgehead atoms. The van der Waals surface area contributed by atoms with Gasteiger partial charge in [-0.2, -0.15) is 0 Å². The van der Waals surface area contributed by atoms with Crippen LogP contribution in [0, 0.1) is 0 Å². The van der Waals surface area contributed by atoms with Crippen LogP contribution in [0.3, 0.4) is 0 Å². The molecule has 0 saturated heterocycles.